The molecule has 0 radical (unpaired) electrons. The van der Waals surface area contributed by atoms with E-state index in [2.05, 4.69) is 14.7 Å². The zero-order valence-electron chi connectivity index (χ0n) is 14.0. The molecule has 3 rings (SSSR count). The molecule has 3 aromatic rings. The van der Waals surface area contributed by atoms with E-state index in [1.54, 1.807) is 6.07 Å². The molecular weight excluding hydrogens is 355 g/mol. The summed E-state index contributed by atoms with van der Waals surface area (Å²) in [5.41, 5.74) is 8.34. The molecule has 1 heterocycles. The van der Waals surface area contributed by atoms with Gasteiger partial charge in [-0.1, -0.05) is 36.4 Å². The van der Waals surface area contributed by atoms with Gasteiger partial charge in [0.2, 0.25) is 10.0 Å². The summed E-state index contributed by atoms with van der Waals surface area (Å²) in [5, 5.41) is 0. The first-order valence-corrected chi connectivity index (χ1v) is 9.64. The van der Waals surface area contributed by atoms with Crippen LogP contribution in [0, 0.1) is 5.82 Å². The van der Waals surface area contributed by atoms with Gasteiger partial charge >= 0.3 is 0 Å². The third kappa shape index (κ3) is 4.34. The highest BCUT2D eigenvalue weighted by Gasteiger charge is 2.12. The largest absolute Gasteiger partial charge is 0.382 e. The number of hydrogen-bond donors (Lipinski definition) is 2. The topological polar surface area (TPSA) is 98.0 Å². The number of hydrogen-bond acceptors (Lipinski definition) is 5. The summed E-state index contributed by atoms with van der Waals surface area (Å²) in [6, 6.07) is 13.8. The van der Waals surface area contributed by atoms with Gasteiger partial charge in [0, 0.05) is 12.0 Å². The summed E-state index contributed by atoms with van der Waals surface area (Å²) in [7, 11) is -3.56. The number of nitrogens with zero attached hydrogens (tertiary/aromatic N) is 2. The second kappa shape index (κ2) is 7.09. The molecule has 0 atom stereocenters. The Labute approximate surface area is 151 Å². The Morgan fingerprint density at radius 2 is 1.88 bits per heavy atom. The van der Waals surface area contributed by atoms with Crippen LogP contribution < -0.4 is 10.5 Å². The summed E-state index contributed by atoms with van der Waals surface area (Å²) in [6.45, 7) is 0. The van der Waals surface area contributed by atoms with Crippen LogP contribution in [-0.4, -0.2) is 24.6 Å². The van der Waals surface area contributed by atoms with E-state index in [-0.39, 0.29) is 5.69 Å². The van der Waals surface area contributed by atoms with E-state index < -0.39 is 15.8 Å². The van der Waals surface area contributed by atoms with Crippen LogP contribution in [0.4, 0.5) is 15.9 Å². The van der Waals surface area contributed by atoms with Crippen LogP contribution in [0.3, 0.4) is 0 Å². The van der Waals surface area contributed by atoms with Gasteiger partial charge in [0.15, 0.2) is 0 Å². The fourth-order valence-corrected chi connectivity index (χ4v) is 3.02. The Morgan fingerprint density at radius 3 is 2.54 bits per heavy atom. The standard InChI is InChI=1S/C18H17FN4O2S/c1-26(24,25)23-15-8-7-13(10-14(15)19)17-11-21-18(20)16(22-17)9-12-5-3-2-4-6-12/h2-8,10-11,23H,9H2,1H3,(H2,20,21). The summed E-state index contributed by atoms with van der Waals surface area (Å²) in [4.78, 5) is 8.63. The lowest BCUT2D eigenvalue weighted by molar-refractivity contribution is 0.604. The third-order valence-electron chi connectivity index (χ3n) is 3.65. The maximum Gasteiger partial charge on any atom is 0.229 e. The Kier molecular flexibility index (Phi) is 4.85. The number of nitrogen functional groups attached to an aromatic ring is 1. The van der Waals surface area contributed by atoms with Crippen LogP contribution >= 0.6 is 0 Å². The molecule has 8 heteroatoms. The van der Waals surface area contributed by atoms with E-state index in [0.29, 0.717) is 29.2 Å². The Bertz CT molecular complexity index is 1040. The number of nitrogens with two attached hydrogens (primary N) is 1. The molecule has 3 N–H and O–H groups in total. The van der Waals surface area contributed by atoms with Gasteiger partial charge in [0.05, 0.1) is 29.5 Å². The highest BCUT2D eigenvalue weighted by molar-refractivity contribution is 7.92. The van der Waals surface area contributed by atoms with Crippen LogP contribution in [0.1, 0.15) is 11.3 Å². The number of sulfonamides is 1. The van der Waals surface area contributed by atoms with Crippen molar-refractivity contribution in [3.05, 3.63) is 71.8 Å². The molecule has 0 aliphatic carbocycles. The van der Waals surface area contributed by atoms with Crippen molar-refractivity contribution in [3.8, 4) is 11.3 Å². The molecule has 1 aromatic heterocycles. The minimum Gasteiger partial charge on any atom is -0.382 e. The lowest BCUT2D eigenvalue weighted by atomic mass is 10.1. The first kappa shape index (κ1) is 17.8. The van der Waals surface area contributed by atoms with E-state index in [4.69, 9.17) is 5.73 Å². The van der Waals surface area contributed by atoms with Crippen LogP contribution in [0.15, 0.2) is 54.7 Å². The molecule has 6 nitrogen and oxygen atoms in total. The van der Waals surface area contributed by atoms with Crippen molar-refractivity contribution in [1.29, 1.82) is 0 Å². The molecule has 2 aromatic carbocycles. The monoisotopic (exact) mass is 372 g/mol. The van der Waals surface area contributed by atoms with Crippen molar-refractivity contribution in [2.24, 2.45) is 0 Å². The molecule has 0 aliphatic rings. The number of anilines is 2. The van der Waals surface area contributed by atoms with Gasteiger partial charge in [-0.3, -0.25) is 4.72 Å². The highest BCUT2D eigenvalue weighted by Crippen LogP contribution is 2.25. The predicted octanol–water partition coefficient (Wildman–Crippen LogP) is 2.83. The van der Waals surface area contributed by atoms with Crippen molar-refractivity contribution in [2.75, 3.05) is 16.7 Å². The van der Waals surface area contributed by atoms with Crippen molar-refractivity contribution in [2.45, 2.75) is 6.42 Å². The summed E-state index contributed by atoms with van der Waals surface area (Å²) < 4.78 is 38.8. The predicted molar refractivity (Wildman–Crippen MR) is 99.6 cm³/mol. The summed E-state index contributed by atoms with van der Waals surface area (Å²) in [5.74, 6) is -0.385. The Hall–Kier alpha value is -3.00. The van der Waals surface area contributed by atoms with Crippen molar-refractivity contribution in [3.63, 3.8) is 0 Å². The van der Waals surface area contributed by atoms with Crippen molar-refractivity contribution < 1.29 is 12.8 Å². The number of rotatable bonds is 5. The van der Waals surface area contributed by atoms with Crippen molar-refractivity contribution in [1.82, 2.24) is 9.97 Å². The van der Waals surface area contributed by atoms with Gasteiger partial charge in [0.1, 0.15) is 11.6 Å². The Morgan fingerprint density at radius 1 is 1.15 bits per heavy atom. The van der Waals surface area contributed by atoms with Gasteiger partial charge < -0.3 is 5.73 Å². The van der Waals surface area contributed by atoms with Crippen LogP contribution in [0.2, 0.25) is 0 Å². The normalized spacial score (nSPS) is 11.3. The summed E-state index contributed by atoms with van der Waals surface area (Å²) >= 11 is 0. The number of benzene rings is 2. The van der Waals surface area contributed by atoms with E-state index in [0.717, 1.165) is 11.8 Å². The first-order valence-electron chi connectivity index (χ1n) is 7.75. The lowest BCUT2D eigenvalue weighted by Gasteiger charge is -2.09. The van der Waals surface area contributed by atoms with E-state index >= 15 is 0 Å². The van der Waals surface area contributed by atoms with E-state index in [1.165, 1.54) is 18.3 Å². The molecule has 0 aliphatic heterocycles. The molecular formula is C18H17FN4O2S. The fourth-order valence-electron chi connectivity index (χ4n) is 2.45. The van der Waals surface area contributed by atoms with Gasteiger partial charge in [-0.25, -0.2) is 22.8 Å². The first-order chi connectivity index (χ1) is 12.3. The second-order valence-corrected chi connectivity index (χ2v) is 7.57. The summed E-state index contributed by atoms with van der Waals surface area (Å²) in [6.07, 6.45) is 2.92. The van der Waals surface area contributed by atoms with Crippen LogP contribution in [0.25, 0.3) is 11.3 Å². The fraction of sp³-hybridized carbons (Fsp3) is 0.111. The minimum absolute atomic E-state index is 0.121. The second-order valence-electron chi connectivity index (χ2n) is 5.82. The molecule has 0 saturated heterocycles. The maximum absolute atomic E-state index is 14.2. The highest BCUT2D eigenvalue weighted by atomic mass is 32.2. The Balaban J connectivity index is 1.92. The zero-order chi connectivity index (χ0) is 18.7. The van der Waals surface area contributed by atoms with E-state index in [1.807, 2.05) is 30.3 Å². The zero-order valence-corrected chi connectivity index (χ0v) is 14.8. The van der Waals surface area contributed by atoms with Gasteiger partial charge in [-0.2, -0.15) is 0 Å². The smallest absolute Gasteiger partial charge is 0.229 e. The van der Waals surface area contributed by atoms with Crippen LogP contribution in [-0.2, 0) is 16.4 Å². The number of nitrogens with one attached hydrogen (secondary N) is 1. The average molecular weight is 372 g/mol. The molecule has 134 valence electrons. The number of halogens is 1. The molecule has 0 spiro atoms. The average Bonchev–Trinajstić information content (AvgIpc) is 2.58. The minimum atomic E-state index is -3.56. The molecule has 26 heavy (non-hydrogen) atoms. The molecule has 0 amide bonds. The van der Waals surface area contributed by atoms with Gasteiger partial charge in [0.25, 0.3) is 0 Å². The molecule has 0 unspecified atom stereocenters. The molecule has 0 bridgehead atoms. The van der Waals surface area contributed by atoms with E-state index in [9.17, 15) is 12.8 Å². The maximum atomic E-state index is 14.2. The molecule has 0 fully saturated rings. The molecule has 0 saturated carbocycles. The van der Waals surface area contributed by atoms with Crippen molar-refractivity contribution >= 4 is 21.5 Å². The van der Waals surface area contributed by atoms with Gasteiger partial charge in [-0.15, -0.1) is 0 Å². The quantitative estimate of drug-likeness (QED) is 0.718. The number of aromatic nitrogens is 2. The van der Waals surface area contributed by atoms with Gasteiger partial charge in [-0.05, 0) is 17.7 Å². The SMILES string of the molecule is CS(=O)(=O)Nc1ccc(-c2cnc(N)c(Cc3ccccc3)n2)cc1F. The lowest BCUT2D eigenvalue weighted by Crippen LogP contribution is -2.10. The third-order valence-corrected chi connectivity index (χ3v) is 4.24. The van der Waals surface area contributed by atoms with Crippen LogP contribution in [0.5, 0.6) is 0 Å².